The van der Waals surface area contributed by atoms with E-state index in [1.54, 1.807) is 19.2 Å². The van der Waals surface area contributed by atoms with E-state index in [-0.39, 0.29) is 12.5 Å². The molecule has 7 nitrogen and oxygen atoms in total. The molecule has 0 aromatic heterocycles. The molecule has 1 aliphatic rings. The Kier molecular flexibility index (Phi) is 7.48. The van der Waals surface area contributed by atoms with E-state index in [0.717, 1.165) is 22.3 Å². The average Bonchev–Trinajstić information content (AvgIpc) is 3.08. The Hall–Kier alpha value is -3.56. The van der Waals surface area contributed by atoms with E-state index in [2.05, 4.69) is 5.32 Å². The molecule has 2 amide bonds. The second-order valence-electron chi connectivity index (χ2n) is 8.40. The molecule has 2 unspecified atom stereocenters. The number of fused-ring (bicyclic) bond motifs is 3. The Morgan fingerprint density at radius 1 is 0.971 bits per heavy atom. The first-order valence-corrected chi connectivity index (χ1v) is 10.7. The second kappa shape index (κ2) is 10.1. The van der Waals surface area contributed by atoms with Gasteiger partial charge in [-0.3, -0.25) is 9.59 Å². The van der Waals surface area contributed by atoms with Crippen LogP contribution in [0.1, 0.15) is 37.3 Å². The number of carbonyl (C=O) groups is 3. The van der Waals surface area contributed by atoms with Crippen molar-refractivity contribution >= 4 is 18.0 Å². The molecule has 2 aromatic carbocycles. The Labute approximate surface area is 194 Å². The quantitative estimate of drug-likeness (QED) is 0.531. The van der Waals surface area contributed by atoms with Crippen LogP contribution in [-0.4, -0.2) is 47.9 Å². The maximum Gasteiger partial charge on any atom is 0.417 e. The summed E-state index contributed by atoms with van der Waals surface area (Å²) in [6.45, 7) is 2.91. The van der Waals surface area contributed by atoms with Gasteiger partial charge in [0.2, 0.25) is 6.04 Å². The lowest BCUT2D eigenvalue weighted by Gasteiger charge is -2.26. The number of alkyl carbamates (subject to hydrolysis) is 1. The lowest BCUT2D eigenvalue weighted by atomic mass is 9.98. The number of carboxylic acids is 1. The van der Waals surface area contributed by atoms with E-state index in [1.807, 2.05) is 48.5 Å². The van der Waals surface area contributed by atoms with Crippen molar-refractivity contribution in [3.63, 3.8) is 0 Å². The highest BCUT2D eigenvalue weighted by molar-refractivity contribution is 5.87. The normalized spacial score (nSPS) is 14.6. The van der Waals surface area contributed by atoms with Gasteiger partial charge in [0.05, 0.1) is 6.42 Å². The molecule has 2 atom stereocenters. The van der Waals surface area contributed by atoms with Gasteiger partial charge in [0.25, 0.3) is 5.91 Å². The first-order chi connectivity index (χ1) is 16.0. The zero-order chi connectivity index (χ0) is 25.0. The number of rotatable bonds is 8. The Morgan fingerprint density at radius 3 is 1.97 bits per heavy atom. The van der Waals surface area contributed by atoms with Gasteiger partial charge in [-0.25, -0.2) is 4.79 Å². The maximum absolute atomic E-state index is 13.5. The smallest absolute Gasteiger partial charge is 0.417 e. The molecule has 3 rings (SSSR count). The minimum absolute atomic E-state index is 0.223. The fourth-order valence-corrected chi connectivity index (χ4v) is 3.96. The molecule has 3 N–H and O–H groups in total. The number of carbonyl (C=O) groups excluding carboxylic acids is 2. The number of alkyl halides is 3. The van der Waals surface area contributed by atoms with Crippen molar-refractivity contribution in [3.8, 4) is 11.1 Å². The van der Waals surface area contributed by atoms with Gasteiger partial charge in [-0.2, -0.15) is 13.2 Å². The average molecular weight is 478 g/mol. The van der Waals surface area contributed by atoms with Gasteiger partial charge < -0.3 is 20.5 Å². The topological polar surface area (TPSA) is 105 Å². The summed E-state index contributed by atoms with van der Waals surface area (Å²) >= 11 is 0. The van der Waals surface area contributed by atoms with Gasteiger partial charge in [-0.1, -0.05) is 62.4 Å². The standard InChI is InChI=1S/C24H25F3N2O5/c1-13(2)19(11-20(30)31)28-22(32)21(24(25,26)27)29-23(33)34-12-18-16-9-5-3-7-14(16)15-8-4-6-10-17(15)18/h3-10,13,18-19,21H,11-12H2,1-2H3,(H,28,32)(H,29,33)(H,30,31). The third-order valence-electron chi connectivity index (χ3n) is 5.72. The summed E-state index contributed by atoms with van der Waals surface area (Å²) < 4.78 is 45.7. The summed E-state index contributed by atoms with van der Waals surface area (Å²) in [7, 11) is 0. The van der Waals surface area contributed by atoms with Crippen molar-refractivity contribution in [2.75, 3.05) is 6.61 Å². The fraction of sp³-hybridized carbons (Fsp3) is 0.375. The first kappa shape index (κ1) is 25.1. The summed E-state index contributed by atoms with van der Waals surface area (Å²) in [6, 6.07) is 11.0. The monoisotopic (exact) mass is 478 g/mol. The largest absolute Gasteiger partial charge is 0.481 e. The molecule has 0 saturated heterocycles. The molecule has 0 saturated carbocycles. The van der Waals surface area contributed by atoms with E-state index in [1.165, 1.54) is 0 Å². The van der Waals surface area contributed by atoms with Gasteiger partial charge in [-0.05, 0) is 28.2 Å². The molecule has 2 aromatic rings. The second-order valence-corrected chi connectivity index (χ2v) is 8.40. The number of halogens is 3. The summed E-state index contributed by atoms with van der Waals surface area (Å²) in [5, 5.41) is 12.6. The highest BCUT2D eigenvalue weighted by atomic mass is 19.4. The summed E-state index contributed by atoms with van der Waals surface area (Å²) in [4.78, 5) is 35.6. The summed E-state index contributed by atoms with van der Waals surface area (Å²) in [5.74, 6) is -3.63. The molecule has 0 aliphatic heterocycles. The Bertz CT molecular complexity index is 1030. The van der Waals surface area contributed by atoms with Crippen LogP contribution in [0.2, 0.25) is 0 Å². The van der Waals surface area contributed by atoms with Crippen LogP contribution in [0.25, 0.3) is 11.1 Å². The van der Waals surface area contributed by atoms with Crippen LogP contribution < -0.4 is 10.6 Å². The van der Waals surface area contributed by atoms with Crippen LogP contribution >= 0.6 is 0 Å². The molecule has 1 aliphatic carbocycles. The number of amides is 2. The third kappa shape index (κ3) is 5.67. The lowest BCUT2D eigenvalue weighted by molar-refractivity contribution is -0.168. The van der Waals surface area contributed by atoms with Gasteiger partial charge in [0.15, 0.2) is 0 Å². The SMILES string of the molecule is CC(C)C(CC(=O)O)NC(=O)C(NC(=O)OCC1c2ccccc2-c2ccccc21)C(F)(F)F. The number of hydrogen-bond acceptors (Lipinski definition) is 4. The van der Waals surface area contributed by atoms with Crippen LogP contribution in [0.5, 0.6) is 0 Å². The predicted octanol–water partition coefficient (Wildman–Crippen LogP) is 4.07. The molecule has 10 heteroatoms. The van der Waals surface area contributed by atoms with Crippen molar-refractivity contribution in [2.45, 2.75) is 44.4 Å². The zero-order valence-corrected chi connectivity index (χ0v) is 18.6. The maximum atomic E-state index is 13.5. The number of carboxylic acid groups (broad SMARTS) is 1. The highest BCUT2D eigenvalue weighted by Crippen LogP contribution is 2.44. The highest BCUT2D eigenvalue weighted by Gasteiger charge is 2.47. The molecule has 0 radical (unpaired) electrons. The Balaban J connectivity index is 1.69. The van der Waals surface area contributed by atoms with Gasteiger partial charge in [-0.15, -0.1) is 0 Å². The third-order valence-corrected chi connectivity index (χ3v) is 5.72. The van der Waals surface area contributed by atoms with E-state index in [4.69, 9.17) is 9.84 Å². The summed E-state index contributed by atoms with van der Waals surface area (Å²) in [5.41, 5.74) is 3.68. The fourth-order valence-electron chi connectivity index (χ4n) is 3.96. The van der Waals surface area contributed by atoms with E-state index in [9.17, 15) is 27.6 Å². The van der Waals surface area contributed by atoms with Crippen molar-refractivity contribution in [1.82, 2.24) is 10.6 Å². The van der Waals surface area contributed by atoms with Crippen LogP contribution in [0, 0.1) is 5.92 Å². The molecular formula is C24H25F3N2O5. The molecule has 182 valence electrons. The molecule has 0 bridgehead atoms. The van der Waals surface area contributed by atoms with Crippen LogP contribution in [0.4, 0.5) is 18.0 Å². The number of nitrogens with one attached hydrogen (secondary N) is 2. The van der Waals surface area contributed by atoms with Gasteiger partial charge in [0, 0.05) is 12.0 Å². The minimum atomic E-state index is -5.11. The van der Waals surface area contributed by atoms with Gasteiger partial charge in [0.1, 0.15) is 6.61 Å². The zero-order valence-electron chi connectivity index (χ0n) is 18.6. The number of benzene rings is 2. The van der Waals surface area contributed by atoms with Crippen LogP contribution in [0.15, 0.2) is 48.5 Å². The molecular weight excluding hydrogens is 453 g/mol. The van der Waals surface area contributed by atoms with Crippen molar-refractivity contribution in [1.29, 1.82) is 0 Å². The molecule has 34 heavy (non-hydrogen) atoms. The molecule has 0 fully saturated rings. The van der Waals surface area contributed by atoms with E-state index in [0.29, 0.717) is 0 Å². The van der Waals surface area contributed by atoms with Crippen molar-refractivity contribution in [2.24, 2.45) is 5.92 Å². The number of ether oxygens (including phenoxy) is 1. The number of hydrogen-bond donors (Lipinski definition) is 3. The van der Waals surface area contributed by atoms with Gasteiger partial charge >= 0.3 is 18.2 Å². The van der Waals surface area contributed by atoms with Crippen LogP contribution in [0.3, 0.4) is 0 Å². The van der Waals surface area contributed by atoms with Crippen LogP contribution in [-0.2, 0) is 14.3 Å². The van der Waals surface area contributed by atoms with Crippen molar-refractivity contribution in [3.05, 3.63) is 59.7 Å². The van der Waals surface area contributed by atoms with E-state index < -0.39 is 48.6 Å². The van der Waals surface area contributed by atoms with Crippen molar-refractivity contribution < 1.29 is 37.4 Å². The Morgan fingerprint density at radius 2 is 1.50 bits per heavy atom. The lowest BCUT2D eigenvalue weighted by Crippen LogP contribution is -2.57. The first-order valence-electron chi connectivity index (χ1n) is 10.7. The number of aliphatic carboxylic acids is 1. The molecule has 0 heterocycles. The minimum Gasteiger partial charge on any atom is -0.481 e. The summed E-state index contributed by atoms with van der Waals surface area (Å²) in [6.07, 6.45) is -7.07. The molecule has 0 spiro atoms. The van der Waals surface area contributed by atoms with E-state index >= 15 is 0 Å². The predicted molar refractivity (Wildman–Crippen MR) is 117 cm³/mol.